The summed E-state index contributed by atoms with van der Waals surface area (Å²) >= 11 is 0. The van der Waals surface area contributed by atoms with Crippen LogP contribution < -0.4 is 5.76 Å². The van der Waals surface area contributed by atoms with Crippen LogP contribution >= 0.6 is 0 Å². The van der Waals surface area contributed by atoms with Gasteiger partial charge in [-0.1, -0.05) is 13.8 Å². The second kappa shape index (κ2) is 3.58. The molecular formula is C8H13NO3. The Bertz CT molecular complexity index is 297. The molecule has 0 aliphatic heterocycles. The second-order valence-electron chi connectivity index (χ2n) is 3.17. The molecule has 12 heavy (non-hydrogen) atoms. The summed E-state index contributed by atoms with van der Waals surface area (Å²) in [7, 11) is 0. The van der Waals surface area contributed by atoms with Crippen LogP contribution in [0.2, 0.25) is 0 Å². The summed E-state index contributed by atoms with van der Waals surface area (Å²) in [6.45, 7) is 3.87. The molecule has 1 heterocycles. The first-order valence-electron chi connectivity index (χ1n) is 3.95. The van der Waals surface area contributed by atoms with Crippen LogP contribution in [0.4, 0.5) is 0 Å². The van der Waals surface area contributed by atoms with E-state index in [0.29, 0.717) is 23.8 Å². The lowest BCUT2D eigenvalue weighted by molar-refractivity contribution is 0.273. The van der Waals surface area contributed by atoms with Gasteiger partial charge in [-0.15, -0.1) is 0 Å². The predicted molar refractivity (Wildman–Crippen MR) is 43.8 cm³/mol. The maximum Gasteiger partial charge on any atom is 0.416 e. The molecule has 1 aromatic rings. The SMILES string of the molecule is CC(C)Cc1oc(=O)[nH]c1CO. The Kier molecular flexibility index (Phi) is 2.70. The first-order chi connectivity index (χ1) is 5.63. The van der Waals surface area contributed by atoms with Crippen LogP contribution in [-0.4, -0.2) is 10.1 Å². The zero-order valence-corrected chi connectivity index (χ0v) is 7.26. The lowest BCUT2D eigenvalue weighted by Crippen LogP contribution is -1.97. The highest BCUT2D eigenvalue weighted by Gasteiger charge is 2.09. The normalized spacial score (nSPS) is 11.0. The van der Waals surface area contributed by atoms with Crippen LogP contribution in [0, 0.1) is 5.92 Å². The van der Waals surface area contributed by atoms with Crippen molar-refractivity contribution in [3.05, 3.63) is 22.0 Å². The number of aromatic amines is 1. The topological polar surface area (TPSA) is 66.2 Å². The van der Waals surface area contributed by atoms with Crippen LogP contribution in [0.5, 0.6) is 0 Å². The van der Waals surface area contributed by atoms with Crippen LogP contribution in [0.3, 0.4) is 0 Å². The van der Waals surface area contributed by atoms with E-state index in [4.69, 9.17) is 9.52 Å². The lowest BCUT2D eigenvalue weighted by atomic mass is 10.1. The average Bonchev–Trinajstić information content (AvgIpc) is 2.29. The van der Waals surface area contributed by atoms with E-state index in [9.17, 15) is 4.79 Å². The molecule has 1 aromatic heterocycles. The third kappa shape index (κ3) is 1.98. The molecule has 0 amide bonds. The van der Waals surface area contributed by atoms with E-state index in [-0.39, 0.29) is 6.61 Å². The van der Waals surface area contributed by atoms with Gasteiger partial charge in [0, 0.05) is 6.42 Å². The maximum atomic E-state index is 10.7. The molecule has 0 radical (unpaired) electrons. The van der Waals surface area contributed by atoms with Gasteiger partial charge in [-0.3, -0.25) is 4.98 Å². The van der Waals surface area contributed by atoms with Crippen LogP contribution in [0.1, 0.15) is 25.3 Å². The summed E-state index contributed by atoms with van der Waals surface area (Å²) in [5, 5.41) is 8.81. The molecule has 2 N–H and O–H groups in total. The highest BCUT2D eigenvalue weighted by molar-refractivity contribution is 5.06. The summed E-state index contributed by atoms with van der Waals surface area (Å²) in [6, 6.07) is 0. The fraction of sp³-hybridized carbons (Fsp3) is 0.625. The molecule has 0 atom stereocenters. The minimum absolute atomic E-state index is 0.173. The summed E-state index contributed by atoms with van der Waals surface area (Å²) in [5.41, 5.74) is 0.494. The van der Waals surface area contributed by atoms with Crippen LogP contribution in [0.15, 0.2) is 9.21 Å². The Hall–Kier alpha value is -1.03. The highest BCUT2D eigenvalue weighted by Crippen LogP contribution is 2.09. The Morgan fingerprint density at radius 3 is 2.75 bits per heavy atom. The third-order valence-electron chi connectivity index (χ3n) is 1.56. The molecule has 0 fully saturated rings. The Morgan fingerprint density at radius 2 is 2.25 bits per heavy atom. The number of aliphatic hydroxyl groups excluding tert-OH is 1. The molecule has 0 aliphatic rings. The number of oxazole rings is 1. The van der Waals surface area contributed by atoms with Crippen molar-refractivity contribution in [2.45, 2.75) is 26.9 Å². The molecule has 0 aromatic carbocycles. The highest BCUT2D eigenvalue weighted by atomic mass is 16.4. The predicted octanol–water partition coefficient (Wildman–Crippen LogP) is 0.659. The van der Waals surface area contributed by atoms with Crippen LogP contribution in [0.25, 0.3) is 0 Å². The number of aliphatic hydroxyl groups is 1. The van der Waals surface area contributed by atoms with Gasteiger partial charge in [0.1, 0.15) is 5.76 Å². The molecule has 4 nitrogen and oxygen atoms in total. The van der Waals surface area contributed by atoms with E-state index in [2.05, 4.69) is 4.98 Å². The third-order valence-corrected chi connectivity index (χ3v) is 1.56. The van der Waals surface area contributed by atoms with E-state index in [1.54, 1.807) is 0 Å². The minimum atomic E-state index is -0.491. The fourth-order valence-corrected chi connectivity index (χ4v) is 1.06. The summed E-state index contributed by atoms with van der Waals surface area (Å²) in [4.78, 5) is 13.1. The van der Waals surface area contributed by atoms with Crippen molar-refractivity contribution in [1.82, 2.24) is 4.98 Å². The zero-order chi connectivity index (χ0) is 9.14. The zero-order valence-electron chi connectivity index (χ0n) is 7.26. The number of nitrogens with one attached hydrogen (secondary N) is 1. The summed E-state index contributed by atoms with van der Waals surface area (Å²) in [5.74, 6) is 0.487. The molecule has 0 spiro atoms. The second-order valence-corrected chi connectivity index (χ2v) is 3.17. The van der Waals surface area contributed by atoms with Gasteiger partial charge in [-0.25, -0.2) is 4.79 Å². The Labute approximate surface area is 70.2 Å². The van der Waals surface area contributed by atoms with Crippen molar-refractivity contribution in [2.75, 3.05) is 0 Å². The van der Waals surface area contributed by atoms with Crippen molar-refractivity contribution in [1.29, 1.82) is 0 Å². The van der Waals surface area contributed by atoms with Gasteiger partial charge in [0.05, 0.1) is 12.3 Å². The Balaban J connectivity index is 2.89. The maximum absolute atomic E-state index is 10.7. The van der Waals surface area contributed by atoms with E-state index >= 15 is 0 Å². The van der Waals surface area contributed by atoms with Gasteiger partial charge in [-0.05, 0) is 5.92 Å². The molecule has 0 saturated heterocycles. The van der Waals surface area contributed by atoms with E-state index in [1.165, 1.54) is 0 Å². The van der Waals surface area contributed by atoms with Gasteiger partial charge in [0.15, 0.2) is 0 Å². The van der Waals surface area contributed by atoms with Gasteiger partial charge >= 0.3 is 5.76 Å². The van der Waals surface area contributed by atoms with Crippen molar-refractivity contribution < 1.29 is 9.52 Å². The van der Waals surface area contributed by atoms with E-state index in [0.717, 1.165) is 0 Å². The number of aromatic nitrogens is 1. The number of H-pyrrole nitrogens is 1. The summed E-state index contributed by atoms with van der Waals surface area (Å²) < 4.78 is 4.85. The van der Waals surface area contributed by atoms with Crippen molar-refractivity contribution in [2.24, 2.45) is 5.92 Å². The van der Waals surface area contributed by atoms with Crippen molar-refractivity contribution in [3.8, 4) is 0 Å². The molecule has 0 unspecified atom stereocenters. The van der Waals surface area contributed by atoms with Gasteiger partial charge in [-0.2, -0.15) is 0 Å². The van der Waals surface area contributed by atoms with E-state index < -0.39 is 5.76 Å². The molecule has 1 rings (SSSR count). The molecule has 0 bridgehead atoms. The number of hydrogen-bond donors (Lipinski definition) is 2. The standard InChI is InChI=1S/C8H13NO3/c1-5(2)3-7-6(4-10)9-8(11)12-7/h5,10H,3-4H2,1-2H3,(H,9,11). The van der Waals surface area contributed by atoms with Crippen molar-refractivity contribution >= 4 is 0 Å². The molecule has 4 heteroatoms. The van der Waals surface area contributed by atoms with Gasteiger partial charge < -0.3 is 9.52 Å². The smallest absolute Gasteiger partial charge is 0.413 e. The van der Waals surface area contributed by atoms with Gasteiger partial charge in [0.2, 0.25) is 0 Å². The van der Waals surface area contributed by atoms with E-state index in [1.807, 2.05) is 13.8 Å². The monoisotopic (exact) mass is 171 g/mol. The minimum Gasteiger partial charge on any atom is -0.413 e. The Morgan fingerprint density at radius 1 is 1.58 bits per heavy atom. The number of rotatable bonds is 3. The van der Waals surface area contributed by atoms with Crippen molar-refractivity contribution in [3.63, 3.8) is 0 Å². The largest absolute Gasteiger partial charge is 0.416 e. The molecule has 0 aliphatic carbocycles. The summed E-state index contributed by atoms with van der Waals surface area (Å²) in [6.07, 6.45) is 0.675. The number of hydrogen-bond acceptors (Lipinski definition) is 3. The quantitative estimate of drug-likeness (QED) is 0.702. The first kappa shape index (κ1) is 9.06. The fourth-order valence-electron chi connectivity index (χ4n) is 1.06. The average molecular weight is 171 g/mol. The first-order valence-corrected chi connectivity index (χ1v) is 3.95. The molecule has 0 saturated carbocycles. The molecular weight excluding hydrogens is 158 g/mol. The van der Waals surface area contributed by atoms with Crippen LogP contribution in [-0.2, 0) is 13.0 Å². The van der Waals surface area contributed by atoms with Gasteiger partial charge in [0.25, 0.3) is 0 Å². The molecule has 68 valence electrons. The lowest BCUT2D eigenvalue weighted by Gasteiger charge is -2.00.